The van der Waals surface area contributed by atoms with E-state index in [1.165, 1.54) is 0 Å². The van der Waals surface area contributed by atoms with Gasteiger partial charge in [-0.05, 0) is 12.1 Å². The molecule has 0 amide bonds. The van der Waals surface area contributed by atoms with Crippen LogP contribution >= 0.6 is 0 Å². The maximum absolute atomic E-state index is 6.14. The van der Waals surface area contributed by atoms with Crippen molar-refractivity contribution in [3.63, 3.8) is 0 Å². The Morgan fingerprint density at radius 2 is 1.50 bits per heavy atom. The van der Waals surface area contributed by atoms with Crippen LogP contribution in [0.5, 0.6) is 0 Å². The lowest BCUT2D eigenvalue weighted by molar-refractivity contribution is -0.538. The van der Waals surface area contributed by atoms with Crippen LogP contribution in [0.1, 0.15) is 0 Å². The summed E-state index contributed by atoms with van der Waals surface area (Å²) in [6.45, 7) is 0. The molecule has 4 rings (SSSR count). The Labute approximate surface area is 127 Å². The number of nitrogens with zero attached hydrogens (tertiary/aromatic N) is 2. The second-order valence-corrected chi connectivity index (χ2v) is 5.25. The van der Waals surface area contributed by atoms with Crippen LogP contribution in [0.15, 0.2) is 66.7 Å². The predicted molar refractivity (Wildman–Crippen MR) is 89.6 cm³/mol. The van der Waals surface area contributed by atoms with Crippen LogP contribution in [0, 0.1) is 0 Å². The Morgan fingerprint density at radius 1 is 0.773 bits per heavy atom. The van der Waals surface area contributed by atoms with E-state index in [1.807, 2.05) is 48.5 Å². The Morgan fingerprint density at radius 3 is 2.32 bits per heavy atom. The van der Waals surface area contributed by atoms with Crippen molar-refractivity contribution in [2.24, 2.45) is 0 Å². The van der Waals surface area contributed by atoms with Crippen molar-refractivity contribution >= 4 is 33.4 Å². The highest BCUT2D eigenvalue weighted by molar-refractivity contribution is 5.92. The first kappa shape index (κ1) is 12.6. The standard InChI is InChI=1S/C18H14N4/c19-12-10-14(20)18-17(11-12)22(13-6-2-1-3-7-13)16-9-5-4-8-15(16)21-18/h1-11H,(H3,19,20)/p+1. The molecule has 0 saturated heterocycles. The van der Waals surface area contributed by atoms with Gasteiger partial charge in [-0.3, -0.25) is 0 Å². The molecule has 0 bridgehead atoms. The first-order chi connectivity index (χ1) is 10.7. The smallest absolute Gasteiger partial charge is 0.241 e. The summed E-state index contributed by atoms with van der Waals surface area (Å²) >= 11 is 0. The molecular formula is C18H15N4+. The molecule has 0 unspecified atom stereocenters. The average molecular weight is 287 g/mol. The van der Waals surface area contributed by atoms with E-state index in [4.69, 9.17) is 16.5 Å². The minimum Gasteiger partial charge on any atom is -0.398 e. The molecule has 22 heavy (non-hydrogen) atoms. The highest BCUT2D eigenvalue weighted by atomic mass is 15.0. The number of aromatic nitrogens is 2. The summed E-state index contributed by atoms with van der Waals surface area (Å²) in [6, 6.07) is 21.8. The van der Waals surface area contributed by atoms with Gasteiger partial charge in [0.25, 0.3) is 0 Å². The molecule has 0 spiro atoms. The van der Waals surface area contributed by atoms with Crippen LogP contribution in [0.2, 0.25) is 0 Å². The van der Waals surface area contributed by atoms with Crippen molar-refractivity contribution < 1.29 is 4.57 Å². The summed E-state index contributed by atoms with van der Waals surface area (Å²) in [4.78, 5) is 4.70. The number of anilines is 2. The molecule has 106 valence electrons. The third-order valence-corrected chi connectivity index (χ3v) is 3.75. The molecule has 0 saturated carbocycles. The molecule has 0 fully saturated rings. The summed E-state index contributed by atoms with van der Waals surface area (Å²) < 4.78 is 2.14. The molecule has 0 aliphatic rings. The normalized spacial score (nSPS) is 11.1. The highest BCUT2D eigenvalue weighted by Crippen LogP contribution is 2.24. The molecule has 1 heterocycles. The number of rotatable bonds is 1. The van der Waals surface area contributed by atoms with Gasteiger partial charge in [0.05, 0.1) is 5.69 Å². The number of para-hydroxylation sites is 3. The van der Waals surface area contributed by atoms with Crippen LogP contribution in [-0.4, -0.2) is 4.98 Å². The van der Waals surface area contributed by atoms with Crippen molar-refractivity contribution in [1.29, 1.82) is 0 Å². The van der Waals surface area contributed by atoms with Gasteiger partial charge in [0, 0.05) is 30.0 Å². The predicted octanol–water partition coefficient (Wildman–Crippen LogP) is 2.83. The largest absolute Gasteiger partial charge is 0.398 e. The highest BCUT2D eigenvalue weighted by Gasteiger charge is 2.20. The zero-order chi connectivity index (χ0) is 15.1. The van der Waals surface area contributed by atoms with Crippen LogP contribution in [0.3, 0.4) is 0 Å². The van der Waals surface area contributed by atoms with E-state index in [2.05, 4.69) is 16.7 Å². The first-order valence-corrected chi connectivity index (χ1v) is 7.09. The van der Waals surface area contributed by atoms with E-state index in [1.54, 1.807) is 6.07 Å². The summed E-state index contributed by atoms with van der Waals surface area (Å²) in [7, 11) is 0. The number of hydrogen-bond donors (Lipinski definition) is 2. The molecule has 1 aromatic heterocycles. The minimum absolute atomic E-state index is 0.588. The van der Waals surface area contributed by atoms with Crippen molar-refractivity contribution in [1.82, 2.24) is 4.98 Å². The quantitative estimate of drug-likeness (QED) is 0.321. The van der Waals surface area contributed by atoms with Crippen LogP contribution < -0.4 is 16.0 Å². The van der Waals surface area contributed by atoms with Gasteiger partial charge in [0.15, 0.2) is 5.52 Å². The van der Waals surface area contributed by atoms with Crippen LogP contribution in [-0.2, 0) is 0 Å². The Bertz CT molecular complexity index is 994. The number of nitrogen functional groups attached to an aromatic ring is 2. The lowest BCUT2D eigenvalue weighted by atomic mass is 10.2. The van der Waals surface area contributed by atoms with Crippen molar-refractivity contribution in [2.45, 2.75) is 0 Å². The van der Waals surface area contributed by atoms with Gasteiger partial charge in [0.2, 0.25) is 16.7 Å². The van der Waals surface area contributed by atoms with Gasteiger partial charge in [-0.2, -0.15) is 0 Å². The van der Waals surface area contributed by atoms with Gasteiger partial charge >= 0.3 is 0 Å². The number of fused-ring (bicyclic) bond motifs is 2. The minimum atomic E-state index is 0.588. The molecule has 4 nitrogen and oxygen atoms in total. The van der Waals surface area contributed by atoms with Crippen LogP contribution in [0.25, 0.3) is 27.8 Å². The first-order valence-electron chi connectivity index (χ1n) is 7.09. The number of nitrogens with two attached hydrogens (primary N) is 2. The topological polar surface area (TPSA) is 68.8 Å². The fourth-order valence-corrected chi connectivity index (χ4v) is 2.81. The summed E-state index contributed by atoms with van der Waals surface area (Å²) in [5, 5.41) is 0. The Kier molecular flexibility index (Phi) is 2.69. The summed E-state index contributed by atoms with van der Waals surface area (Å²) in [6.07, 6.45) is 0. The van der Waals surface area contributed by atoms with Crippen molar-refractivity contribution in [2.75, 3.05) is 11.5 Å². The molecule has 0 aliphatic carbocycles. The molecule has 0 radical (unpaired) electrons. The molecular weight excluding hydrogens is 272 g/mol. The Hall–Kier alpha value is -3.14. The molecule has 0 aliphatic heterocycles. The van der Waals surface area contributed by atoms with E-state index >= 15 is 0 Å². The zero-order valence-corrected chi connectivity index (χ0v) is 11.9. The van der Waals surface area contributed by atoms with E-state index in [9.17, 15) is 0 Å². The van der Waals surface area contributed by atoms with E-state index in [0.717, 1.165) is 27.8 Å². The molecule has 4 N–H and O–H groups in total. The molecule has 0 atom stereocenters. The zero-order valence-electron chi connectivity index (χ0n) is 11.9. The fraction of sp³-hybridized carbons (Fsp3) is 0. The van der Waals surface area contributed by atoms with Gasteiger partial charge in [0.1, 0.15) is 5.52 Å². The maximum atomic E-state index is 6.14. The van der Waals surface area contributed by atoms with Crippen molar-refractivity contribution in [3.05, 3.63) is 66.7 Å². The third kappa shape index (κ3) is 1.85. The number of hydrogen-bond acceptors (Lipinski definition) is 3. The molecule has 4 heteroatoms. The fourth-order valence-electron chi connectivity index (χ4n) is 2.81. The molecule has 3 aromatic carbocycles. The second kappa shape index (κ2) is 4.70. The lowest BCUT2D eigenvalue weighted by Crippen LogP contribution is -2.33. The van der Waals surface area contributed by atoms with Crippen molar-refractivity contribution in [3.8, 4) is 5.69 Å². The monoisotopic (exact) mass is 287 g/mol. The SMILES string of the molecule is Nc1cc(N)c2nc3ccccc3[n+](-c3ccccc3)c2c1. The van der Waals surface area contributed by atoms with E-state index in [-0.39, 0.29) is 0 Å². The van der Waals surface area contributed by atoms with E-state index in [0.29, 0.717) is 11.4 Å². The van der Waals surface area contributed by atoms with Gasteiger partial charge in [-0.25, -0.2) is 4.98 Å². The van der Waals surface area contributed by atoms with Crippen LogP contribution in [0.4, 0.5) is 11.4 Å². The molecule has 4 aromatic rings. The van der Waals surface area contributed by atoms with Gasteiger partial charge < -0.3 is 11.5 Å². The second-order valence-electron chi connectivity index (χ2n) is 5.25. The van der Waals surface area contributed by atoms with E-state index < -0.39 is 0 Å². The summed E-state index contributed by atoms with van der Waals surface area (Å²) in [5.74, 6) is 0. The summed E-state index contributed by atoms with van der Waals surface area (Å²) in [5.41, 5.74) is 18.0. The Balaban J connectivity index is 2.27. The maximum Gasteiger partial charge on any atom is 0.241 e. The average Bonchev–Trinajstić information content (AvgIpc) is 2.54. The number of benzene rings is 3. The third-order valence-electron chi connectivity index (χ3n) is 3.75. The lowest BCUT2D eigenvalue weighted by Gasteiger charge is -2.07. The van der Waals surface area contributed by atoms with Gasteiger partial charge in [-0.1, -0.05) is 30.3 Å². The van der Waals surface area contributed by atoms with Gasteiger partial charge in [-0.15, -0.1) is 4.57 Å².